The maximum Gasteiger partial charge on any atom is 0.312 e. The Morgan fingerprint density at radius 2 is 1.83 bits per heavy atom. The Hall–Kier alpha value is -1.13. The predicted octanol–water partition coefficient (Wildman–Crippen LogP) is 3.44. The number of fused-ring (bicyclic) bond motifs is 2. The van der Waals surface area contributed by atoms with Crippen LogP contribution in [0.2, 0.25) is 0 Å². The van der Waals surface area contributed by atoms with Gasteiger partial charge in [-0.15, -0.1) is 6.58 Å². The minimum Gasteiger partial charge on any atom is -0.481 e. The number of hydrogen-bond donors (Lipinski definition) is 3. The van der Waals surface area contributed by atoms with Gasteiger partial charge in [0.25, 0.3) is 0 Å². The molecule has 0 saturated heterocycles. The molecule has 24 heavy (non-hydrogen) atoms. The Balaban J connectivity index is 2.14. The van der Waals surface area contributed by atoms with Crippen molar-refractivity contribution in [2.24, 2.45) is 16.2 Å². The molecule has 3 rings (SSSR count). The van der Waals surface area contributed by atoms with Gasteiger partial charge >= 0.3 is 5.97 Å². The summed E-state index contributed by atoms with van der Waals surface area (Å²) >= 11 is 0. The molecule has 0 bridgehead atoms. The average Bonchev–Trinajstić information content (AvgIpc) is 2.53. The molecular formula is C20H30O4. The molecule has 0 aromatic heterocycles. The van der Waals surface area contributed by atoms with Crippen molar-refractivity contribution >= 4 is 5.97 Å². The molecule has 0 spiro atoms. The number of aliphatic hydroxyl groups is 2. The summed E-state index contributed by atoms with van der Waals surface area (Å²) in [5.41, 5.74) is -1.18. The smallest absolute Gasteiger partial charge is 0.312 e. The molecule has 3 N–H and O–H groups in total. The van der Waals surface area contributed by atoms with Gasteiger partial charge in [0.1, 0.15) is 0 Å². The minimum atomic E-state index is -1.26. The summed E-state index contributed by atoms with van der Waals surface area (Å²) in [6.07, 6.45) is 5.87. The first-order valence-corrected chi connectivity index (χ1v) is 9.06. The molecule has 4 nitrogen and oxygen atoms in total. The third-order valence-corrected chi connectivity index (χ3v) is 7.80. The summed E-state index contributed by atoms with van der Waals surface area (Å²) in [7, 11) is 0. The summed E-state index contributed by atoms with van der Waals surface area (Å²) in [6.45, 7) is 9.64. The standard InChI is InChI=1S/C20H30O4/c1-5-17(2)11-8-14-13(15(17)21)7-12-20(24)18(14,3)9-6-10-19(20,4)16(22)23/h5,15,21,24H,1,6-12H2,2-4H3,(H,22,23)/t15-,17-,18-,19-,20-/m1/s1. The molecule has 134 valence electrons. The van der Waals surface area contributed by atoms with E-state index in [9.17, 15) is 20.1 Å². The molecule has 4 heteroatoms. The second-order valence-corrected chi connectivity index (χ2v) is 8.80. The van der Waals surface area contributed by atoms with Gasteiger partial charge in [0.15, 0.2) is 0 Å². The van der Waals surface area contributed by atoms with Crippen LogP contribution in [-0.4, -0.2) is 33.0 Å². The van der Waals surface area contributed by atoms with Crippen LogP contribution in [0.4, 0.5) is 0 Å². The van der Waals surface area contributed by atoms with Gasteiger partial charge in [-0.1, -0.05) is 31.9 Å². The molecular weight excluding hydrogens is 304 g/mol. The maximum absolute atomic E-state index is 12.0. The zero-order valence-corrected chi connectivity index (χ0v) is 15.1. The molecule has 0 aromatic carbocycles. The van der Waals surface area contributed by atoms with Gasteiger partial charge in [0.05, 0.1) is 17.1 Å². The maximum atomic E-state index is 12.0. The second-order valence-electron chi connectivity index (χ2n) is 8.80. The van der Waals surface area contributed by atoms with E-state index in [-0.39, 0.29) is 5.41 Å². The molecule has 5 atom stereocenters. The molecule has 0 radical (unpaired) electrons. The third-order valence-electron chi connectivity index (χ3n) is 7.80. The lowest BCUT2D eigenvalue weighted by Gasteiger charge is -2.62. The van der Waals surface area contributed by atoms with Gasteiger partial charge in [-0.2, -0.15) is 0 Å². The van der Waals surface area contributed by atoms with E-state index < -0.39 is 28.5 Å². The average molecular weight is 334 g/mol. The van der Waals surface area contributed by atoms with Crippen molar-refractivity contribution in [3.05, 3.63) is 23.8 Å². The van der Waals surface area contributed by atoms with Crippen LogP contribution in [0.1, 0.15) is 65.7 Å². The minimum absolute atomic E-state index is 0.338. The van der Waals surface area contributed by atoms with Crippen molar-refractivity contribution in [2.45, 2.75) is 77.4 Å². The van der Waals surface area contributed by atoms with E-state index in [0.29, 0.717) is 19.3 Å². The predicted molar refractivity (Wildman–Crippen MR) is 92.5 cm³/mol. The Morgan fingerprint density at radius 1 is 1.17 bits per heavy atom. The number of carboxylic acids is 1. The number of carbonyl (C=O) groups is 1. The van der Waals surface area contributed by atoms with Crippen molar-refractivity contribution < 1.29 is 20.1 Å². The number of aliphatic hydroxyl groups excluding tert-OH is 1. The van der Waals surface area contributed by atoms with E-state index in [1.54, 1.807) is 6.92 Å². The first-order valence-electron chi connectivity index (χ1n) is 9.06. The van der Waals surface area contributed by atoms with Gasteiger partial charge in [-0.25, -0.2) is 0 Å². The Bertz CT molecular complexity index is 623. The third kappa shape index (κ3) is 1.90. The molecule has 0 aromatic rings. The fraction of sp³-hybridized carbons (Fsp3) is 0.750. The van der Waals surface area contributed by atoms with Crippen LogP contribution in [0.25, 0.3) is 0 Å². The highest BCUT2D eigenvalue weighted by Gasteiger charge is 2.66. The van der Waals surface area contributed by atoms with Crippen molar-refractivity contribution in [1.29, 1.82) is 0 Å². The Labute approximate surface area is 144 Å². The highest BCUT2D eigenvalue weighted by atomic mass is 16.4. The molecule has 0 unspecified atom stereocenters. The highest BCUT2D eigenvalue weighted by molar-refractivity contribution is 5.77. The zero-order chi connectivity index (χ0) is 18.0. The number of carboxylic acid groups (broad SMARTS) is 1. The number of aliphatic carboxylic acids is 1. The van der Waals surface area contributed by atoms with E-state index in [0.717, 1.165) is 36.8 Å². The summed E-state index contributed by atoms with van der Waals surface area (Å²) < 4.78 is 0. The fourth-order valence-corrected chi connectivity index (χ4v) is 5.76. The van der Waals surface area contributed by atoms with Crippen molar-refractivity contribution in [3.63, 3.8) is 0 Å². The SMILES string of the molecule is C=C[C@]1(C)CCC2=C(CC[C@]3(O)[C@@](C)(C(=O)O)CCC[C@]23C)[C@H]1O. The molecule has 0 amide bonds. The van der Waals surface area contributed by atoms with Crippen molar-refractivity contribution in [3.8, 4) is 0 Å². The van der Waals surface area contributed by atoms with Gasteiger partial charge in [0, 0.05) is 10.8 Å². The van der Waals surface area contributed by atoms with E-state index in [4.69, 9.17) is 0 Å². The summed E-state index contributed by atoms with van der Waals surface area (Å²) in [5.74, 6) is -0.910. The topological polar surface area (TPSA) is 77.8 Å². The number of rotatable bonds is 2. The van der Waals surface area contributed by atoms with Crippen LogP contribution in [0.3, 0.4) is 0 Å². The Kier molecular flexibility index (Phi) is 3.82. The normalized spacial score (nSPS) is 48.5. The molecule has 3 aliphatic carbocycles. The van der Waals surface area contributed by atoms with Crippen LogP contribution in [-0.2, 0) is 4.79 Å². The quantitative estimate of drug-likeness (QED) is 0.676. The van der Waals surface area contributed by atoms with E-state index >= 15 is 0 Å². The van der Waals surface area contributed by atoms with Crippen LogP contribution >= 0.6 is 0 Å². The summed E-state index contributed by atoms with van der Waals surface area (Å²) in [6, 6.07) is 0. The molecule has 3 aliphatic rings. The second kappa shape index (κ2) is 5.18. The lowest BCUT2D eigenvalue weighted by molar-refractivity contribution is -0.207. The first kappa shape index (κ1) is 17.7. The van der Waals surface area contributed by atoms with Gasteiger partial charge in [-0.05, 0) is 51.0 Å². The van der Waals surface area contributed by atoms with E-state index in [1.165, 1.54) is 0 Å². The van der Waals surface area contributed by atoms with Crippen molar-refractivity contribution in [1.82, 2.24) is 0 Å². The fourth-order valence-electron chi connectivity index (χ4n) is 5.76. The molecule has 0 heterocycles. The lowest BCUT2D eigenvalue weighted by Crippen LogP contribution is -2.66. The molecule has 1 saturated carbocycles. The van der Waals surface area contributed by atoms with E-state index in [2.05, 4.69) is 6.58 Å². The first-order chi connectivity index (χ1) is 11.1. The van der Waals surface area contributed by atoms with Crippen LogP contribution < -0.4 is 0 Å². The monoisotopic (exact) mass is 334 g/mol. The van der Waals surface area contributed by atoms with Crippen LogP contribution in [0, 0.1) is 16.2 Å². The number of hydrogen-bond acceptors (Lipinski definition) is 3. The van der Waals surface area contributed by atoms with Gasteiger partial charge in [-0.3, -0.25) is 4.79 Å². The Morgan fingerprint density at radius 3 is 2.42 bits per heavy atom. The van der Waals surface area contributed by atoms with Gasteiger partial charge < -0.3 is 15.3 Å². The van der Waals surface area contributed by atoms with Gasteiger partial charge in [0.2, 0.25) is 0 Å². The van der Waals surface area contributed by atoms with Crippen molar-refractivity contribution in [2.75, 3.05) is 0 Å². The molecule has 1 fully saturated rings. The van der Waals surface area contributed by atoms with Crippen LogP contribution in [0.15, 0.2) is 23.8 Å². The highest BCUT2D eigenvalue weighted by Crippen LogP contribution is 2.65. The summed E-state index contributed by atoms with van der Waals surface area (Å²) in [5, 5.41) is 32.4. The zero-order valence-electron chi connectivity index (χ0n) is 15.1. The summed E-state index contributed by atoms with van der Waals surface area (Å²) in [4.78, 5) is 12.0. The largest absolute Gasteiger partial charge is 0.481 e. The molecule has 0 aliphatic heterocycles. The van der Waals surface area contributed by atoms with E-state index in [1.807, 2.05) is 19.9 Å². The van der Waals surface area contributed by atoms with Crippen LogP contribution in [0.5, 0.6) is 0 Å². The lowest BCUT2D eigenvalue weighted by atomic mass is 9.44.